The summed E-state index contributed by atoms with van der Waals surface area (Å²) in [6.07, 6.45) is -4.39. The predicted molar refractivity (Wildman–Crippen MR) is 59.2 cm³/mol. The molecular weight excluding hydrogens is 287 g/mol. The van der Waals surface area contributed by atoms with Crippen LogP contribution in [0.2, 0.25) is 0 Å². The minimum atomic E-state index is -5.22. The minimum absolute atomic E-state index is 0.259. The maximum absolute atomic E-state index is 12.0. The van der Waals surface area contributed by atoms with E-state index < -0.39 is 27.8 Å². The average molecular weight is 295 g/mol. The van der Waals surface area contributed by atoms with Crippen molar-refractivity contribution < 1.29 is 32.1 Å². The van der Waals surface area contributed by atoms with Gasteiger partial charge >= 0.3 is 18.1 Å². The summed E-state index contributed by atoms with van der Waals surface area (Å²) < 4.78 is 50.7. The fraction of sp³-hybridized carbons (Fsp3) is 0.200. The topological polar surface area (TPSA) is 83.8 Å². The van der Waals surface area contributed by atoms with Crippen LogP contribution >= 0.6 is 0 Å². The van der Waals surface area contributed by atoms with Gasteiger partial charge in [-0.3, -0.25) is 4.79 Å². The summed E-state index contributed by atoms with van der Waals surface area (Å²) in [5, 5.41) is 8.72. The molecule has 0 heterocycles. The van der Waals surface area contributed by atoms with E-state index in [2.05, 4.69) is 4.36 Å². The van der Waals surface area contributed by atoms with Crippen LogP contribution < -0.4 is 0 Å². The third-order valence-corrected chi connectivity index (χ3v) is 3.66. The molecule has 1 atom stereocenters. The third-order valence-electron chi connectivity index (χ3n) is 2.02. The van der Waals surface area contributed by atoms with Gasteiger partial charge in [0.1, 0.15) is 0 Å². The molecule has 104 valence electrons. The molecule has 0 saturated carbocycles. The molecule has 1 unspecified atom stereocenters. The number of benzene rings is 1. The molecule has 0 spiro atoms. The van der Waals surface area contributed by atoms with Crippen molar-refractivity contribution in [1.82, 2.24) is 0 Å². The number of carbonyl (C=O) groups excluding carboxylic acids is 1. The lowest BCUT2D eigenvalue weighted by molar-refractivity contribution is -0.169. The van der Waals surface area contributed by atoms with E-state index in [4.69, 9.17) is 5.11 Å². The number of nitrogens with zero attached hydrogens (tertiary/aromatic N) is 1. The molecule has 0 fully saturated rings. The number of carboxylic acids is 1. The summed E-state index contributed by atoms with van der Waals surface area (Å²) in [5.41, 5.74) is -0.262. The number of hydrogen-bond acceptors (Lipinski definition) is 3. The van der Waals surface area contributed by atoms with E-state index in [9.17, 15) is 27.0 Å². The van der Waals surface area contributed by atoms with Crippen molar-refractivity contribution in [3.63, 3.8) is 0 Å². The van der Waals surface area contributed by atoms with Gasteiger partial charge in [-0.05, 0) is 18.2 Å². The Morgan fingerprint density at radius 3 is 2.37 bits per heavy atom. The molecule has 19 heavy (non-hydrogen) atoms. The summed E-state index contributed by atoms with van der Waals surface area (Å²) in [6, 6.07) is 4.43. The second-order valence-electron chi connectivity index (χ2n) is 3.53. The lowest BCUT2D eigenvalue weighted by Gasteiger charge is -2.06. The van der Waals surface area contributed by atoms with Gasteiger partial charge in [0.15, 0.2) is 0 Å². The van der Waals surface area contributed by atoms with Crippen LogP contribution in [0, 0.1) is 0 Å². The largest absolute Gasteiger partial charge is 0.478 e. The Balaban J connectivity index is 3.32. The number of rotatable bonds is 2. The number of amides is 1. The minimum Gasteiger partial charge on any atom is -0.478 e. The first-order chi connectivity index (χ1) is 8.54. The van der Waals surface area contributed by atoms with Crippen molar-refractivity contribution in [3.05, 3.63) is 29.8 Å². The van der Waals surface area contributed by atoms with Crippen molar-refractivity contribution in [2.45, 2.75) is 11.1 Å². The van der Waals surface area contributed by atoms with Gasteiger partial charge in [0.2, 0.25) is 0 Å². The monoisotopic (exact) mass is 295 g/mol. The highest BCUT2D eigenvalue weighted by atomic mass is 32.2. The van der Waals surface area contributed by atoms with Gasteiger partial charge in [0, 0.05) is 11.2 Å². The molecule has 0 aliphatic carbocycles. The number of hydrogen-bond donors (Lipinski definition) is 1. The molecule has 1 amide bonds. The summed E-state index contributed by atoms with van der Waals surface area (Å²) >= 11 is 0. The SMILES string of the molecule is CS(=O)(=NC(=O)C(F)(F)F)c1cccc(C(=O)O)c1. The maximum Gasteiger partial charge on any atom is 0.474 e. The normalized spacial score (nSPS) is 14.5. The lowest BCUT2D eigenvalue weighted by atomic mass is 10.2. The Bertz CT molecular complexity index is 644. The van der Waals surface area contributed by atoms with E-state index >= 15 is 0 Å². The highest BCUT2D eigenvalue weighted by Gasteiger charge is 2.39. The molecule has 0 bridgehead atoms. The average Bonchev–Trinajstić information content (AvgIpc) is 2.27. The molecule has 1 N–H and O–H groups in total. The highest BCUT2D eigenvalue weighted by Crippen LogP contribution is 2.20. The van der Waals surface area contributed by atoms with E-state index in [-0.39, 0.29) is 10.5 Å². The van der Waals surface area contributed by atoms with Crippen LogP contribution in [0.3, 0.4) is 0 Å². The second kappa shape index (κ2) is 5.00. The van der Waals surface area contributed by atoms with Gasteiger partial charge in [0.25, 0.3) is 0 Å². The van der Waals surface area contributed by atoms with Gasteiger partial charge in [-0.1, -0.05) is 6.07 Å². The molecular formula is C10H8F3NO4S. The molecule has 0 aliphatic rings. The second-order valence-corrected chi connectivity index (χ2v) is 5.79. The maximum atomic E-state index is 12.0. The molecule has 1 rings (SSSR count). The van der Waals surface area contributed by atoms with Crippen LogP contribution in [0.1, 0.15) is 10.4 Å². The van der Waals surface area contributed by atoms with Crippen LogP contribution in [0.15, 0.2) is 33.5 Å². The van der Waals surface area contributed by atoms with Crippen molar-refractivity contribution in [2.75, 3.05) is 6.26 Å². The van der Waals surface area contributed by atoms with E-state index in [1.807, 2.05) is 0 Å². The summed E-state index contributed by atoms with van der Waals surface area (Å²) in [6.45, 7) is 0. The zero-order valence-electron chi connectivity index (χ0n) is 9.47. The molecule has 0 saturated heterocycles. The van der Waals surface area contributed by atoms with Gasteiger partial charge in [-0.25, -0.2) is 9.00 Å². The number of halogens is 3. The molecule has 0 aliphatic heterocycles. The molecule has 0 radical (unpaired) electrons. The summed E-state index contributed by atoms with van der Waals surface area (Å²) in [4.78, 5) is 21.1. The summed E-state index contributed by atoms with van der Waals surface area (Å²) in [7, 11) is -3.66. The van der Waals surface area contributed by atoms with Crippen molar-refractivity contribution in [1.29, 1.82) is 0 Å². The number of alkyl halides is 3. The quantitative estimate of drug-likeness (QED) is 0.903. The van der Waals surface area contributed by atoms with Crippen LogP contribution in [0.25, 0.3) is 0 Å². The Morgan fingerprint density at radius 1 is 1.32 bits per heavy atom. The van der Waals surface area contributed by atoms with Crippen molar-refractivity contribution in [3.8, 4) is 0 Å². The van der Waals surface area contributed by atoms with Crippen molar-refractivity contribution in [2.24, 2.45) is 4.36 Å². The third kappa shape index (κ3) is 3.78. The highest BCUT2D eigenvalue weighted by molar-refractivity contribution is 7.93. The lowest BCUT2D eigenvalue weighted by Crippen LogP contribution is -2.21. The van der Waals surface area contributed by atoms with Gasteiger partial charge in [0.05, 0.1) is 15.3 Å². The first-order valence-corrected chi connectivity index (χ1v) is 6.63. The standard InChI is InChI=1S/C10H8F3NO4S/c1-19(18,14-9(17)10(11,12)13)7-4-2-3-6(5-7)8(15)16/h2-5H,1H3,(H,15,16). The van der Waals surface area contributed by atoms with Crippen LogP contribution in [0.4, 0.5) is 13.2 Å². The molecule has 0 aromatic heterocycles. The number of carbonyl (C=O) groups is 2. The smallest absolute Gasteiger partial charge is 0.474 e. The van der Waals surface area contributed by atoms with E-state index in [0.717, 1.165) is 18.4 Å². The van der Waals surface area contributed by atoms with Gasteiger partial charge in [-0.2, -0.15) is 13.2 Å². The molecule has 9 heteroatoms. The Kier molecular flexibility index (Phi) is 3.99. The van der Waals surface area contributed by atoms with Crippen molar-refractivity contribution >= 4 is 21.6 Å². The van der Waals surface area contributed by atoms with Crippen LogP contribution in [0.5, 0.6) is 0 Å². The van der Waals surface area contributed by atoms with E-state index in [1.54, 1.807) is 0 Å². The van der Waals surface area contributed by atoms with Crippen LogP contribution in [-0.4, -0.2) is 33.6 Å². The van der Waals surface area contributed by atoms with E-state index in [1.165, 1.54) is 12.1 Å². The van der Waals surface area contributed by atoms with Gasteiger partial charge < -0.3 is 5.11 Å². The molecule has 5 nitrogen and oxygen atoms in total. The first-order valence-electron chi connectivity index (χ1n) is 4.71. The Morgan fingerprint density at radius 2 is 1.89 bits per heavy atom. The van der Waals surface area contributed by atoms with E-state index in [0.29, 0.717) is 0 Å². The zero-order chi connectivity index (χ0) is 14.8. The summed E-state index contributed by atoms with van der Waals surface area (Å²) in [5.74, 6) is -3.81. The Labute approximate surface area is 106 Å². The first kappa shape index (κ1) is 15.2. The zero-order valence-corrected chi connectivity index (χ0v) is 10.3. The fourth-order valence-electron chi connectivity index (χ4n) is 1.13. The molecule has 1 aromatic carbocycles. The fourth-order valence-corrected chi connectivity index (χ4v) is 2.33. The number of aromatic carboxylic acids is 1. The Hall–Kier alpha value is -1.90. The van der Waals surface area contributed by atoms with Crippen LogP contribution in [-0.2, 0) is 14.5 Å². The van der Waals surface area contributed by atoms with Gasteiger partial charge in [-0.15, -0.1) is 4.36 Å². The molecule has 1 aromatic rings. The number of carboxylic acid groups (broad SMARTS) is 1. The predicted octanol–water partition coefficient (Wildman–Crippen LogP) is 1.93.